The van der Waals surface area contributed by atoms with Gasteiger partial charge in [0.1, 0.15) is 5.75 Å². The van der Waals surface area contributed by atoms with Crippen LogP contribution >= 0.6 is 0 Å². The number of nitrogens with two attached hydrogens (primary N) is 1. The first-order chi connectivity index (χ1) is 14.9. The molecule has 0 aliphatic carbocycles. The smallest absolute Gasteiger partial charge is 0.321 e. The zero-order valence-electron chi connectivity index (χ0n) is 18.3. The van der Waals surface area contributed by atoms with Crippen LogP contribution in [0, 0.1) is 13.8 Å². The number of hydrogen-bond acceptors (Lipinski definition) is 7. The lowest BCUT2D eigenvalue weighted by molar-refractivity contribution is 0.196. The minimum atomic E-state index is -0.120. The molecule has 10 heteroatoms. The number of methoxy groups -OCH3 is 1. The van der Waals surface area contributed by atoms with Crippen molar-refractivity contribution in [1.82, 2.24) is 24.5 Å². The molecule has 10 nitrogen and oxygen atoms in total. The summed E-state index contributed by atoms with van der Waals surface area (Å²) in [5.74, 6) is 1.67. The van der Waals surface area contributed by atoms with Crippen LogP contribution in [0.5, 0.6) is 5.75 Å². The molecule has 3 aromatic rings. The van der Waals surface area contributed by atoms with Gasteiger partial charge in [-0.3, -0.25) is 0 Å². The Kier molecular flexibility index (Phi) is 5.53. The van der Waals surface area contributed by atoms with Gasteiger partial charge >= 0.3 is 6.03 Å². The molecular weight excluding hydrogens is 396 g/mol. The topological polar surface area (TPSA) is 114 Å². The first-order valence-corrected chi connectivity index (χ1v) is 10.4. The molecule has 2 aromatic heterocycles. The van der Waals surface area contributed by atoms with E-state index in [1.54, 1.807) is 17.8 Å². The summed E-state index contributed by atoms with van der Waals surface area (Å²) in [5.41, 5.74) is 9.32. The fraction of sp³-hybridized carbons (Fsp3) is 0.429. The second-order valence-electron chi connectivity index (χ2n) is 7.76. The van der Waals surface area contributed by atoms with Crippen LogP contribution in [0.2, 0.25) is 0 Å². The van der Waals surface area contributed by atoms with Gasteiger partial charge in [-0.1, -0.05) is 6.92 Å². The van der Waals surface area contributed by atoms with Crippen molar-refractivity contribution in [3.05, 3.63) is 35.5 Å². The molecule has 3 heterocycles. The number of urea groups is 1. The Morgan fingerprint density at radius 1 is 1.26 bits per heavy atom. The Hall–Kier alpha value is -3.56. The van der Waals surface area contributed by atoms with Crippen molar-refractivity contribution in [3.8, 4) is 5.75 Å². The number of ether oxygens (including phenoxy) is 1. The molecule has 1 aromatic carbocycles. The molecule has 1 atom stereocenters. The van der Waals surface area contributed by atoms with Gasteiger partial charge < -0.3 is 25.6 Å². The number of nitrogens with one attached hydrogen (secondary N) is 1. The number of amides is 2. The lowest BCUT2D eigenvalue weighted by Crippen LogP contribution is -2.56. The van der Waals surface area contributed by atoms with Crippen LogP contribution < -0.4 is 20.7 Å². The van der Waals surface area contributed by atoms with Crippen LogP contribution in [0.4, 0.5) is 22.4 Å². The molecule has 1 aliphatic rings. The summed E-state index contributed by atoms with van der Waals surface area (Å²) in [4.78, 5) is 25.7. The van der Waals surface area contributed by atoms with Crippen molar-refractivity contribution in [2.75, 3.05) is 42.7 Å². The first kappa shape index (κ1) is 20.7. The summed E-state index contributed by atoms with van der Waals surface area (Å²) >= 11 is 0. The average molecular weight is 425 g/mol. The van der Waals surface area contributed by atoms with E-state index in [1.807, 2.05) is 36.9 Å². The Bertz CT molecular complexity index is 1110. The zero-order valence-corrected chi connectivity index (χ0v) is 18.3. The van der Waals surface area contributed by atoms with E-state index >= 15 is 0 Å². The molecule has 1 fully saturated rings. The molecule has 31 heavy (non-hydrogen) atoms. The summed E-state index contributed by atoms with van der Waals surface area (Å²) in [5, 5.41) is 7.42. The van der Waals surface area contributed by atoms with Gasteiger partial charge in [0.25, 0.3) is 0 Å². The van der Waals surface area contributed by atoms with Crippen LogP contribution in [-0.4, -0.2) is 63.3 Å². The van der Waals surface area contributed by atoms with Crippen LogP contribution in [0.25, 0.3) is 5.65 Å². The summed E-state index contributed by atoms with van der Waals surface area (Å²) in [6.07, 6.45) is 2.60. The highest BCUT2D eigenvalue weighted by Crippen LogP contribution is 2.25. The second kappa shape index (κ2) is 8.29. The van der Waals surface area contributed by atoms with Gasteiger partial charge in [0, 0.05) is 36.9 Å². The lowest BCUT2D eigenvalue weighted by Gasteiger charge is -2.41. The molecule has 0 radical (unpaired) electrons. The number of rotatable bonds is 4. The Morgan fingerprint density at radius 3 is 2.77 bits per heavy atom. The summed E-state index contributed by atoms with van der Waals surface area (Å²) in [6.45, 7) is 7.75. The number of anilines is 3. The maximum absolute atomic E-state index is 12.9. The van der Waals surface area contributed by atoms with Crippen LogP contribution in [-0.2, 0) is 0 Å². The number of piperazine rings is 1. The van der Waals surface area contributed by atoms with E-state index in [2.05, 4.69) is 32.2 Å². The van der Waals surface area contributed by atoms with Gasteiger partial charge in [0.2, 0.25) is 11.9 Å². The predicted molar refractivity (Wildman–Crippen MR) is 120 cm³/mol. The van der Waals surface area contributed by atoms with Gasteiger partial charge in [-0.05, 0) is 44.0 Å². The van der Waals surface area contributed by atoms with Crippen molar-refractivity contribution >= 4 is 29.3 Å². The van der Waals surface area contributed by atoms with Crippen molar-refractivity contribution in [2.45, 2.75) is 33.2 Å². The van der Waals surface area contributed by atoms with E-state index in [1.165, 1.54) is 0 Å². The van der Waals surface area contributed by atoms with Crippen LogP contribution in [0.1, 0.15) is 24.5 Å². The molecule has 0 bridgehead atoms. The van der Waals surface area contributed by atoms with Crippen molar-refractivity contribution in [2.24, 2.45) is 0 Å². The Balaban J connectivity index is 1.51. The molecule has 0 unspecified atom stereocenters. The van der Waals surface area contributed by atoms with Crippen molar-refractivity contribution in [1.29, 1.82) is 0 Å². The fourth-order valence-electron chi connectivity index (χ4n) is 3.99. The number of hydrogen-bond donors (Lipinski definition) is 2. The van der Waals surface area contributed by atoms with E-state index < -0.39 is 0 Å². The monoisotopic (exact) mass is 424 g/mol. The summed E-state index contributed by atoms with van der Waals surface area (Å²) in [6, 6.07) is 5.57. The number of carbonyl (C=O) groups is 1. The molecule has 4 rings (SSSR count). The molecule has 164 valence electrons. The number of carbonyl (C=O) groups excluding carboxylic acids is 1. The first-order valence-electron chi connectivity index (χ1n) is 10.4. The number of nitrogen functional groups attached to an aromatic ring is 1. The average Bonchev–Trinajstić information content (AvgIpc) is 3.13. The highest BCUT2D eigenvalue weighted by molar-refractivity contribution is 5.89. The predicted octanol–water partition coefficient (Wildman–Crippen LogP) is 2.46. The SMILES string of the molecule is CC[C@H]1CN(C(=O)Nc2ccc(OC)c(C)c2)CCN1c1nc(N)nc2c(C)cnn12. The van der Waals surface area contributed by atoms with Gasteiger partial charge in [0.05, 0.1) is 13.3 Å². The summed E-state index contributed by atoms with van der Waals surface area (Å²) in [7, 11) is 1.63. The minimum absolute atomic E-state index is 0.0825. The number of benzene rings is 1. The van der Waals surface area contributed by atoms with Crippen molar-refractivity contribution in [3.63, 3.8) is 0 Å². The Morgan fingerprint density at radius 2 is 2.06 bits per heavy atom. The number of fused-ring (bicyclic) bond motifs is 1. The number of nitrogens with zero attached hydrogens (tertiary/aromatic N) is 6. The van der Waals surface area contributed by atoms with Gasteiger partial charge in [-0.2, -0.15) is 19.6 Å². The van der Waals surface area contributed by atoms with Crippen molar-refractivity contribution < 1.29 is 9.53 Å². The normalized spacial score (nSPS) is 16.6. The van der Waals surface area contributed by atoms with Crippen LogP contribution in [0.3, 0.4) is 0 Å². The number of aryl methyl sites for hydroxylation is 2. The zero-order chi connectivity index (χ0) is 22.1. The molecule has 1 aliphatic heterocycles. The van der Waals surface area contributed by atoms with E-state index in [0.29, 0.717) is 31.2 Å². The quantitative estimate of drug-likeness (QED) is 0.661. The third kappa shape index (κ3) is 3.92. The maximum atomic E-state index is 12.9. The third-order valence-corrected chi connectivity index (χ3v) is 5.69. The number of aromatic nitrogens is 4. The van der Waals surface area contributed by atoms with Gasteiger partial charge in [-0.15, -0.1) is 0 Å². The van der Waals surface area contributed by atoms with E-state index in [4.69, 9.17) is 10.5 Å². The molecule has 2 amide bonds. The molecule has 3 N–H and O–H groups in total. The third-order valence-electron chi connectivity index (χ3n) is 5.69. The van der Waals surface area contributed by atoms with Gasteiger partial charge in [-0.25, -0.2) is 4.79 Å². The minimum Gasteiger partial charge on any atom is -0.496 e. The fourth-order valence-corrected chi connectivity index (χ4v) is 3.99. The molecular formula is C21H28N8O2. The molecule has 0 saturated carbocycles. The lowest BCUT2D eigenvalue weighted by atomic mass is 10.1. The van der Waals surface area contributed by atoms with Gasteiger partial charge in [0.15, 0.2) is 5.65 Å². The van der Waals surface area contributed by atoms with E-state index in [0.717, 1.165) is 29.0 Å². The molecule has 1 saturated heterocycles. The largest absolute Gasteiger partial charge is 0.496 e. The maximum Gasteiger partial charge on any atom is 0.321 e. The second-order valence-corrected chi connectivity index (χ2v) is 7.76. The van der Waals surface area contributed by atoms with E-state index in [-0.39, 0.29) is 18.0 Å². The van der Waals surface area contributed by atoms with E-state index in [9.17, 15) is 4.79 Å². The summed E-state index contributed by atoms with van der Waals surface area (Å²) < 4.78 is 7.02. The standard InChI is InChI=1S/C21H28N8O2/c1-5-16-12-27(21(30)24-15-6-7-17(31-4)13(2)10-15)8-9-28(16)20-26-19(22)25-18-14(3)11-23-29(18)20/h6-7,10-11,16H,5,8-9,12H2,1-4H3,(H2,22,25)(H,24,30)/t16-/m0/s1. The Labute approximate surface area is 181 Å². The van der Waals surface area contributed by atoms with Crippen LogP contribution in [0.15, 0.2) is 24.4 Å². The molecule has 0 spiro atoms. The highest BCUT2D eigenvalue weighted by Gasteiger charge is 2.31. The highest BCUT2D eigenvalue weighted by atomic mass is 16.5.